The van der Waals surface area contributed by atoms with E-state index in [0.717, 1.165) is 24.1 Å². The summed E-state index contributed by atoms with van der Waals surface area (Å²) in [4.78, 5) is 14.9. The van der Waals surface area contributed by atoms with Crippen molar-refractivity contribution in [3.8, 4) is 5.75 Å². The number of aliphatic hydroxyl groups is 1. The maximum Gasteiger partial charge on any atom is 0.253 e. The first-order valence-electron chi connectivity index (χ1n) is 9.87. The molecule has 4 nitrogen and oxygen atoms in total. The van der Waals surface area contributed by atoms with Gasteiger partial charge in [-0.1, -0.05) is 23.7 Å². The van der Waals surface area contributed by atoms with Gasteiger partial charge in [0.05, 0.1) is 6.10 Å². The van der Waals surface area contributed by atoms with Crippen LogP contribution >= 0.6 is 11.6 Å². The van der Waals surface area contributed by atoms with Gasteiger partial charge in [0, 0.05) is 23.7 Å². The molecule has 1 heterocycles. The molecule has 1 aliphatic heterocycles. The lowest BCUT2D eigenvalue weighted by atomic mass is 9.78. The predicted octanol–water partition coefficient (Wildman–Crippen LogP) is 4.25. The Bertz CT molecular complexity index is 884. The van der Waals surface area contributed by atoms with Gasteiger partial charge in [-0.3, -0.25) is 4.79 Å². The number of amides is 1. The summed E-state index contributed by atoms with van der Waals surface area (Å²) < 4.78 is 6.03. The van der Waals surface area contributed by atoms with E-state index in [1.165, 1.54) is 5.56 Å². The minimum Gasteiger partial charge on any atom is -0.488 e. The first kappa shape index (κ1) is 19.3. The number of fused-ring (bicyclic) bond motifs is 1. The molecule has 0 unspecified atom stereocenters. The van der Waals surface area contributed by atoms with Crippen LogP contribution in [0.5, 0.6) is 5.75 Å². The van der Waals surface area contributed by atoms with E-state index in [1.54, 1.807) is 12.1 Å². The summed E-state index contributed by atoms with van der Waals surface area (Å²) in [5, 5.41) is 11.2. The van der Waals surface area contributed by atoms with Gasteiger partial charge in [-0.2, -0.15) is 0 Å². The monoisotopic (exact) mass is 399 g/mol. The lowest BCUT2D eigenvalue weighted by Gasteiger charge is -2.35. The summed E-state index contributed by atoms with van der Waals surface area (Å²) in [7, 11) is 0. The third-order valence-electron chi connectivity index (χ3n) is 6.21. The van der Waals surface area contributed by atoms with E-state index >= 15 is 0 Å². The number of hydrogen-bond acceptors (Lipinski definition) is 3. The molecule has 5 heteroatoms. The Hall–Kier alpha value is -2.04. The van der Waals surface area contributed by atoms with Crippen LogP contribution < -0.4 is 4.74 Å². The zero-order valence-corrected chi connectivity index (χ0v) is 17.0. The van der Waals surface area contributed by atoms with Crippen molar-refractivity contribution in [3.05, 3.63) is 64.2 Å². The van der Waals surface area contributed by atoms with E-state index < -0.39 is 6.10 Å². The highest BCUT2D eigenvalue weighted by Crippen LogP contribution is 2.38. The molecule has 4 rings (SSSR count). The molecule has 1 amide bonds. The summed E-state index contributed by atoms with van der Waals surface area (Å²) in [6.07, 6.45) is 0.607. The van der Waals surface area contributed by atoms with Crippen LogP contribution in [0.3, 0.4) is 0 Å². The quantitative estimate of drug-likeness (QED) is 0.839. The van der Waals surface area contributed by atoms with Crippen LogP contribution in [0.25, 0.3) is 0 Å². The molecule has 2 fully saturated rings. The van der Waals surface area contributed by atoms with Crippen LogP contribution in [0.2, 0.25) is 5.02 Å². The van der Waals surface area contributed by atoms with Crippen molar-refractivity contribution >= 4 is 17.5 Å². The molecule has 1 saturated heterocycles. The van der Waals surface area contributed by atoms with Crippen molar-refractivity contribution in [2.75, 3.05) is 13.1 Å². The van der Waals surface area contributed by atoms with Gasteiger partial charge in [0.2, 0.25) is 0 Å². The van der Waals surface area contributed by atoms with Crippen LogP contribution in [0.4, 0.5) is 0 Å². The average molecular weight is 400 g/mol. The Balaban J connectivity index is 1.43. The Kier molecular flexibility index (Phi) is 5.35. The lowest BCUT2D eigenvalue weighted by molar-refractivity contribution is -0.0231. The van der Waals surface area contributed by atoms with Gasteiger partial charge >= 0.3 is 0 Å². The minimum atomic E-state index is -0.531. The minimum absolute atomic E-state index is 0.0827. The number of nitrogens with zero attached hydrogens (tertiary/aromatic N) is 1. The summed E-state index contributed by atoms with van der Waals surface area (Å²) in [6.45, 7) is 5.51. The molecule has 148 valence electrons. The van der Waals surface area contributed by atoms with Crippen molar-refractivity contribution in [3.63, 3.8) is 0 Å². The average Bonchev–Trinajstić information content (AvgIpc) is 3.06. The molecule has 0 aromatic heterocycles. The molecule has 2 aromatic carbocycles. The smallest absolute Gasteiger partial charge is 0.253 e. The molecule has 0 spiro atoms. The fraction of sp³-hybridized carbons (Fsp3) is 0.435. The number of carbonyl (C=O) groups excluding carboxylic acids is 1. The normalized spacial score (nSPS) is 26.8. The zero-order valence-electron chi connectivity index (χ0n) is 16.3. The van der Waals surface area contributed by atoms with Crippen LogP contribution in [-0.4, -0.2) is 41.2 Å². The molecule has 0 radical (unpaired) electrons. The fourth-order valence-electron chi connectivity index (χ4n) is 4.45. The molecular formula is C23H26ClNO3. The number of carbonyl (C=O) groups is 1. The highest BCUT2D eigenvalue weighted by Gasteiger charge is 2.44. The first-order valence-corrected chi connectivity index (χ1v) is 10.3. The number of likely N-dealkylation sites (tertiary alicyclic amines) is 1. The van der Waals surface area contributed by atoms with Gasteiger partial charge < -0.3 is 14.7 Å². The van der Waals surface area contributed by atoms with Gasteiger partial charge in [0.1, 0.15) is 11.9 Å². The Morgan fingerprint density at radius 2 is 1.82 bits per heavy atom. The standard InChI is InChI=1S/C23H26ClNO3/c1-14-6-7-16(8-15(14)2)23(27)25-12-17-9-21(26)22(10-18(17)13-25)28-20-5-3-4-19(24)11-20/h3-8,11,17-18,21-22,26H,9-10,12-13H2,1-2H3/t17-,18+,21+,22+/m0/s1. The summed E-state index contributed by atoms with van der Waals surface area (Å²) in [6, 6.07) is 13.2. The highest BCUT2D eigenvalue weighted by molar-refractivity contribution is 6.30. The number of aryl methyl sites for hydroxylation is 2. The first-order chi connectivity index (χ1) is 13.4. The van der Waals surface area contributed by atoms with Crippen molar-refractivity contribution in [2.24, 2.45) is 11.8 Å². The number of rotatable bonds is 3. The lowest BCUT2D eigenvalue weighted by Crippen LogP contribution is -2.42. The summed E-state index contributed by atoms with van der Waals surface area (Å²) in [5.41, 5.74) is 3.07. The Labute approximate surface area is 171 Å². The summed E-state index contributed by atoms with van der Waals surface area (Å²) >= 11 is 6.03. The maximum absolute atomic E-state index is 13.0. The molecule has 1 saturated carbocycles. The van der Waals surface area contributed by atoms with Gasteiger partial charge in [-0.25, -0.2) is 0 Å². The third kappa shape index (κ3) is 3.89. The molecular weight excluding hydrogens is 374 g/mol. The highest BCUT2D eigenvalue weighted by atomic mass is 35.5. The third-order valence-corrected chi connectivity index (χ3v) is 6.44. The van der Waals surface area contributed by atoms with E-state index in [-0.39, 0.29) is 12.0 Å². The van der Waals surface area contributed by atoms with Gasteiger partial charge in [-0.15, -0.1) is 0 Å². The van der Waals surface area contributed by atoms with Crippen molar-refractivity contribution in [2.45, 2.75) is 38.9 Å². The van der Waals surface area contributed by atoms with Crippen molar-refractivity contribution in [1.29, 1.82) is 0 Å². The second-order valence-electron chi connectivity index (χ2n) is 8.18. The molecule has 2 aliphatic rings. The molecule has 4 atom stereocenters. The molecule has 1 aliphatic carbocycles. The maximum atomic E-state index is 13.0. The number of benzene rings is 2. The van der Waals surface area contributed by atoms with E-state index in [9.17, 15) is 9.90 Å². The van der Waals surface area contributed by atoms with E-state index in [2.05, 4.69) is 6.92 Å². The second kappa shape index (κ2) is 7.76. The largest absolute Gasteiger partial charge is 0.488 e. The van der Waals surface area contributed by atoms with Crippen molar-refractivity contribution < 1.29 is 14.6 Å². The number of ether oxygens (including phenoxy) is 1. The van der Waals surface area contributed by atoms with Gasteiger partial charge in [-0.05, 0) is 80.0 Å². The van der Waals surface area contributed by atoms with Crippen molar-refractivity contribution in [1.82, 2.24) is 4.90 Å². The zero-order chi connectivity index (χ0) is 19.8. The molecule has 28 heavy (non-hydrogen) atoms. The van der Waals surface area contributed by atoms with E-state index in [0.29, 0.717) is 35.6 Å². The van der Waals surface area contributed by atoms with Crippen LogP contribution in [0.1, 0.15) is 34.3 Å². The molecule has 0 bridgehead atoms. The second-order valence-corrected chi connectivity index (χ2v) is 8.62. The number of aliphatic hydroxyl groups excluding tert-OH is 1. The Morgan fingerprint density at radius 1 is 1.07 bits per heavy atom. The van der Waals surface area contributed by atoms with Crippen LogP contribution in [0.15, 0.2) is 42.5 Å². The van der Waals surface area contributed by atoms with Crippen LogP contribution in [-0.2, 0) is 0 Å². The number of hydrogen-bond donors (Lipinski definition) is 1. The van der Waals surface area contributed by atoms with Gasteiger partial charge in [0.15, 0.2) is 0 Å². The van der Waals surface area contributed by atoms with E-state index in [1.807, 2.05) is 42.2 Å². The topological polar surface area (TPSA) is 49.8 Å². The number of halogens is 1. The SMILES string of the molecule is Cc1ccc(C(=O)N2C[C@H]3C[C@@H](Oc4cccc(Cl)c4)[C@H](O)C[C@H]3C2)cc1C. The Morgan fingerprint density at radius 3 is 2.54 bits per heavy atom. The predicted molar refractivity (Wildman–Crippen MR) is 110 cm³/mol. The van der Waals surface area contributed by atoms with E-state index in [4.69, 9.17) is 16.3 Å². The molecule has 1 N–H and O–H groups in total. The molecule has 2 aromatic rings. The van der Waals surface area contributed by atoms with Crippen LogP contribution in [0, 0.1) is 25.7 Å². The van der Waals surface area contributed by atoms with Gasteiger partial charge in [0.25, 0.3) is 5.91 Å². The summed E-state index contributed by atoms with van der Waals surface area (Å²) in [5.74, 6) is 1.43. The fourth-order valence-corrected chi connectivity index (χ4v) is 4.64.